The predicted octanol–water partition coefficient (Wildman–Crippen LogP) is 2.25. The lowest BCUT2D eigenvalue weighted by molar-refractivity contribution is 0.0706. The van der Waals surface area contributed by atoms with Gasteiger partial charge in [0.15, 0.2) is 11.5 Å². The maximum Gasteiger partial charge on any atom is 0.179 e. The quantitative estimate of drug-likeness (QED) is 0.852. The summed E-state index contributed by atoms with van der Waals surface area (Å²) in [7, 11) is 3.14. The van der Waals surface area contributed by atoms with Gasteiger partial charge in [0.2, 0.25) is 0 Å². The summed E-state index contributed by atoms with van der Waals surface area (Å²) in [6, 6.07) is 3.34. The zero-order valence-corrected chi connectivity index (χ0v) is 11.0. The summed E-state index contributed by atoms with van der Waals surface area (Å²) in [4.78, 5) is 0. The summed E-state index contributed by atoms with van der Waals surface area (Å²) in [5.74, 6) is 0.972. The molecule has 0 aromatic heterocycles. The maximum absolute atomic E-state index is 9.05. The van der Waals surface area contributed by atoms with Gasteiger partial charge in [0.25, 0.3) is 0 Å². The number of halogens is 1. The molecule has 4 nitrogen and oxygen atoms in total. The van der Waals surface area contributed by atoms with E-state index in [1.165, 1.54) is 7.11 Å². The molecule has 0 saturated heterocycles. The molecule has 0 radical (unpaired) electrons. The smallest absolute Gasteiger partial charge is 0.179 e. The molecule has 96 valence electrons. The summed E-state index contributed by atoms with van der Waals surface area (Å²) in [6.45, 7) is 2.18. The first-order chi connectivity index (χ1) is 8.12. The Kier molecular flexibility index (Phi) is 5.55. The molecular formula is C12H17ClO4. The Hall–Kier alpha value is -0.970. The monoisotopic (exact) mass is 260 g/mol. The summed E-state index contributed by atoms with van der Waals surface area (Å²) in [5, 5.41) is 9.47. The van der Waals surface area contributed by atoms with E-state index in [0.717, 1.165) is 0 Å². The summed E-state index contributed by atoms with van der Waals surface area (Å²) in [5.41, 5.74) is 0.680. The lowest BCUT2D eigenvalue weighted by Crippen LogP contribution is -2.16. The number of ether oxygens (including phenoxy) is 3. The van der Waals surface area contributed by atoms with Gasteiger partial charge >= 0.3 is 0 Å². The molecule has 1 N–H and O–H groups in total. The lowest BCUT2D eigenvalue weighted by Gasteiger charge is -2.16. The molecule has 0 saturated carbocycles. The van der Waals surface area contributed by atoms with Gasteiger partial charge in [-0.25, -0.2) is 0 Å². The summed E-state index contributed by atoms with van der Waals surface area (Å²) < 4.78 is 15.8. The average molecular weight is 261 g/mol. The van der Waals surface area contributed by atoms with Crippen LogP contribution >= 0.6 is 11.6 Å². The van der Waals surface area contributed by atoms with Crippen LogP contribution in [0, 0.1) is 0 Å². The van der Waals surface area contributed by atoms with Crippen molar-refractivity contribution >= 4 is 11.6 Å². The van der Waals surface area contributed by atoms with Gasteiger partial charge in [0, 0.05) is 7.11 Å². The third-order valence-corrected chi connectivity index (χ3v) is 2.62. The molecule has 1 rings (SSSR count). The van der Waals surface area contributed by atoms with Crippen LogP contribution in [0.2, 0.25) is 5.02 Å². The molecule has 0 heterocycles. The van der Waals surface area contributed by atoms with Crippen LogP contribution in [0.25, 0.3) is 0 Å². The fraction of sp³-hybridized carbons (Fsp3) is 0.500. The van der Waals surface area contributed by atoms with E-state index in [9.17, 15) is 0 Å². The van der Waals surface area contributed by atoms with Gasteiger partial charge in [0.1, 0.15) is 6.61 Å². The highest BCUT2D eigenvalue weighted by Gasteiger charge is 2.13. The first kappa shape index (κ1) is 14.1. The molecule has 0 aliphatic heterocycles. The van der Waals surface area contributed by atoms with Gasteiger partial charge < -0.3 is 19.3 Å². The summed E-state index contributed by atoms with van der Waals surface area (Å²) >= 11 is 6.06. The van der Waals surface area contributed by atoms with E-state index in [0.29, 0.717) is 28.7 Å². The Morgan fingerprint density at radius 1 is 1.35 bits per heavy atom. The number of hydrogen-bond acceptors (Lipinski definition) is 4. The van der Waals surface area contributed by atoms with E-state index in [1.54, 1.807) is 19.2 Å². The van der Waals surface area contributed by atoms with Crippen LogP contribution < -0.4 is 9.47 Å². The lowest BCUT2D eigenvalue weighted by atomic mass is 10.2. The Balaban J connectivity index is 2.89. The molecule has 1 atom stereocenters. The maximum atomic E-state index is 9.05. The number of benzene rings is 1. The Bertz CT molecular complexity index is 368. The molecule has 0 spiro atoms. The molecular weight excluding hydrogens is 244 g/mol. The van der Waals surface area contributed by atoms with Crippen molar-refractivity contribution in [2.45, 2.75) is 19.6 Å². The molecule has 0 aliphatic carbocycles. The van der Waals surface area contributed by atoms with Crippen molar-refractivity contribution in [3.05, 3.63) is 22.7 Å². The van der Waals surface area contributed by atoms with Crippen molar-refractivity contribution in [2.24, 2.45) is 0 Å². The van der Waals surface area contributed by atoms with Gasteiger partial charge in [-0.05, 0) is 24.6 Å². The van der Waals surface area contributed by atoms with Crippen LogP contribution in [0.3, 0.4) is 0 Å². The molecule has 0 amide bonds. The van der Waals surface area contributed by atoms with E-state index in [2.05, 4.69) is 0 Å². The molecule has 1 aromatic rings. The van der Waals surface area contributed by atoms with Gasteiger partial charge in [-0.2, -0.15) is 0 Å². The molecule has 0 bridgehead atoms. The van der Waals surface area contributed by atoms with Crippen LogP contribution in [0.4, 0.5) is 0 Å². The molecule has 1 aromatic carbocycles. The summed E-state index contributed by atoms with van der Waals surface area (Å²) in [6.07, 6.45) is -0.0340. The van der Waals surface area contributed by atoms with E-state index >= 15 is 0 Å². The van der Waals surface area contributed by atoms with Crippen molar-refractivity contribution in [3.8, 4) is 11.5 Å². The Morgan fingerprint density at radius 2 is 2.06 bits per heavy atom. The topological polar surface area (TPSA) is 47.9 Å². The van der Waals surface area contributed by atoms with E-state index in [4.69, 9.17) is 30.9 Å². The van der Waals surface area contributed by atoms with Gasteiger partial charge in [-0.3, -0.25) is 0 Å². The van der Waals surface area contributed by atoms with Crippen LogP contribution in [0.1, 0.15) is 12.5 Å². The van der Waals surface area contributed by atoms with Crippen molar-refractivity contribution in [1.82, 2.24) is 0 Å². The molecule has 5 heteroatoms. The van der Waals surface area contributed by atoms with Crippen molar-refractivity contribution in [2.75, 3.05) is 20.8 Å². The van der Waals surface area contributed by atoms with Crippen LogP contribution in [0.5, 0.6) is 11.5 Å². The fourth-order valence-corrected chi connectivity index (χ4v) is 1.56. The molecule has 1 unspecified atom stereocenters. The standard InChI is InChI=1S/C12H17ClO4/c1-8(15-2)7-17-12-10(13)4-9(6-14)5-11(12)16-3/h4-5,8,14H,6-7H2,1-3H3. The molecule has 0 fully saturated rings. The zero-order chi connectivity index (χ0) is 12.8. The average Bonchev–Trinajstić information content (AvgIpc) is 2.35. The number of aliphatic hydroxyl groups is 1. The minimum Gasteiger partial charge on any atom is -0.493 e. The van der Waals surface area contributed by atoms with Crippen molar-refractivity contribution in [1.29, 1.82) is 0 Å². The molecule has 17 heavy (non-hydrogen) atoms. The third kappa shape index (κ3) is 3.77. The second kappa shape index (κ2) is 6.69. The van der Waals surface area contributed by atoms with Gasteiger partial charge in [-0.15, -0.1) is 0 Å². The normalized spacial score (nSPS) is 12.3. The second-order valence-corrected chi connectivity index (χ2v) is 4.03. The van der Waals surface area contributed by atoms with Gasteiger partial charge in [0.05, 0.1) is 24.8 Å². The SMILES string of the molecule is COc1cc(CO)cc(Cl)c1OCC(C)OC. The second-order valence-electron chi connectivity index (χ2n) is 3.62. The first-order valence-corrected chi connectivity index (χ1v) is 5.63. The minimum atomic E-state index is -0.0924. The largest absolute Gasteiger partial charge is 0.493 e. The predicted molar refractivity (Wildman–Crippen MR) is 65.9 cm³/mol. The highest BCUT2D eigenvalue weighted by atomic mass is 35.5. The number of methoxy groups -OCH3 is 2. The number of aliphatic hydroxyl groups excluding tert-OH is 1. The van der Waals surface area contributed by atoms with E-state index in [-0.39, 0.29) is 12.7 Å². The highest BCUT2D eigenvalue weighted by Crippen LogP contribution is 2.36. The van der Waals surface area contributed by atoms with Gasteiger partial charge in [-0.1, -0.05) is 11.6 Å². The Morgan fingerprint density at radius 3 is 2.59 bits per heavy atom. The number of hydrogen-bond donors (Lipinski definition) is 1. The van der Waals surface area contributed by atoms with Crippen LogP contribution in [0.15, 0.2) is 12.1 Å². The minimum absolute atomic E-state index is 0.0340. The van der Waals surface area contributed by atoms with Crippen LogP contribution in [-0.4, -0.2) is 32.0 Å². The van der Waals surface area contributed by atoms with Crippen LogP contribution in [-0.2, 0) is 11.3 Å². The van der Waals surface area contributed by atoms with Crippen molar-refractivity contribution in [3.63, 3.8) is 0 Å². The van der Waals surface area contributed by atoms with E-state index < -0.39 is 0 Å². The fourth-order valence-electron chi connectivity index (χ4n) is 1.27. The Labute approximate surface area is 106 Å². The zero-order valence-electron chi connectivity index (χ0n) is 10.2. The van der Waals surface area contributed by atoms with Crippen molar-refractivity contribution < 1.29 is 19.3 Å². The molecule has 0 aliphatic rings. The first-order valence-electron chi connectivity index (χ1n) is 5.25. The van der Waals surface area contributed by atoms with E-state index in [1.807, 2.05) is 6.92 Å². The highest BCUT2D eigenvalue weighted by molar-refractivity contribution is 6.32. The third-order valence-electron chi connectivity index (χ3n) is 2.34. The number of rotatable bonds is 6.